The molecule has 2 fully saturated rings. The number of rotatable bonds is 6. The molecule has 1 N–H and O–H groups in total. The quantitative estimate of drug-likeness (QED) is 0.616. The molecule has 142 valence electrons. The Kier molecular flexibility index (Phi) is 6.03. The molecule has 2 aliphatic rings. The van der Waals surface area contributed by atoms with Crippen LogP contribution in [0.25, 0.3) is 0 Å². The molecule has 26 heavy (non-hydrogen) atoms. The van der Waals surface area contributed by atoms with Gasteiger partial charge in [0.05, 0.1) is 4.92 Å². The molecule has 1 aromatic rings. The van der Waals surface area contributed by atoms with E-state index in [0.29, 0.717) is 17.3 Å². The summed E-state index contributed by atoms with van der Waals surface area (Å²) in [5.74, 6) is 1.27. The second-order valence-corrected chi connectivity index (χ2v) is 7.19. The van der Waals surface area contributed by atoms with Gasteiger partial charge in [0.25, 0.3) is 5.69 Å². The van der Waals surface area contributed by atoms with Crippen LogP contribution in [0.5, 0.6) is 0 Å². The summed E-state index contributed by atoms with van der Waals surface area (Å²) in [6.07, 6.45) is 5.80. The summed E-state index contributed by atoms with van der Waals surface area (Å²) in [4.78, 5) is 31.3. The fraction of sp³-hybridized carbons (Fsp3) is 0.667. The third kappa shape index (κ3) is 4.49. The van der Waals surface area contributed by atoms with Gasteiger partial charge in [0.1, 0.15) is 12.0 Å². The van der Waals surface area contributed by atoms with Gasteiger partial charge in [-0.05, 0) is 25.8 Å². The second-order valence-electron chi connectivity index (χ2n) is 7.19. The number of aromatic nitrogens is 1. The van der Waals surface area contributed by atoms with Gasteiger partial charge in [-0.3, -0.25) is 19.8 Å². The first-order valence-corrected chi connectivity index (χ1v) is 9.40. The van der Waals surface area contributed by atoms with Gasteiger partial charge >= 0.3 is 0 Å². The van der Waals surface area contributed by atoms with Gasteiger partial charge in [-0.25, -0.2) is 4.98 Å². The monoisotopic (exact) mass is 361 g/mol. The Morgan fingerprint density at radius 1 is 1.31 bits per heavy atom. The first kappa shape index (κ1) is 18.6. The van der Waals surface area contributed by atoms with E-state index in [0.717, 1.165) is 52.1 Å². The zero-order valence-corrected chi connectivity index (χ0v) is 15.3. The molecule has 2 heterocycles. The van der Waals surface area contributed by atoms with Crippen molar-refractivity contribution in [1.29, 1.82) is 0 Å². The first-order valence-electron chi connectivity index (χ1n) is 9.40. The molecule has 0 atom stereocenters. The van der Waals surface area contributed by atoms with Crippen molar-refractivity contribution < 1.29 is 9.72 Å². The van der Waals surface area contributed by atoms with Crippen molar-refractivity contribution in [1.82, 2.24) is 14.8 Å². The predicted molar refractivity (Wildman–Crippen MR) is 99.1 cm³/mol. The number of nitrogens with one attached hydrogen (secondary N) is 1. The van der Waals surface area contributed by atoms with Crippen molar-refractivity contribution in [2.24, 2.45) is 5.92 Å². The third-order valence-electron chi connectivity index (χ3n) is 5.40. The van der Waals surface area contributed by atoms with Gasteiger partial charge in [-0.15, -0.1) is 0 Å². The number of nitro groups is 1. The number of carbonyl (C=O) groups excluding carboxylic acids is 1. The number of amides is 1. The van der Waals surface area contributed by atoms with E-state index in [1.54, 1.807) is 13.0 Å². The largest absolute Gasteiger partial charge is 0.369 e. The van der Waals surface area contributed by atoms with Crippen LogP contribution in [0.2, 0.25) is 0 Å². The van der Waals surface area contributed by atoms with Gasteiger partial charge in [0, 0.05) is 50.7 Å². The lowest BCUT2D eigenvalue weighted by Crippen LogP contribution is -2.50. The zero-order valence-electron chi connectivity index (χ0n) is 15.3. The van der Waals surface area contributed by atoms with Crippen molar-refractivity contribution in [3.8, 4) is 0 Å². The number of piperazine rings is 1. The number of pyridine rings is 1. The molecule has 1 aliphatic heterocycles. The smallest absolute Gasteiger partial charge is 0.290 e. The van der Waals surface area contributed by atoms with E-state index in [-0.39, 0.29) is 11.6 Å². The normalized spacial score (nSPS) is 18.9. The van der Waals surface area contributed by atoms with E-state index >= 15 is 0 Å². The van der Waals surface area contributed by atoms with E-state index in [1.165, 1.54) is 19.0 Å². The number of hydrogen-bond acceptors (Lipinski definition) is 6. The molecule has 0 radical (unpaired) electrons. The average Bonchev–Trinajstić information content (AvgIpc) is 3.16. The molecule has 3 rings (SSSR count). The summed E-state index contributed by atoms with van der Waals surface area (Å²) >= 11 is 0. The SMILES string of the molecule is Cc1cc(NCCN2CCN(C(=O)C3CCCC3)CC2)ncc1[N+](=O)[O-]. The Morgan fingerprint density at radius 3 is 2.62 bits per heavy atom. The molecule has 0 aromatic carbocycles. The molecule has 1 saturated heterocycles. The van der Waals surface area contributed by atoms with Gasteiger partial charge in [-0.2, -0.15) is 0 Å². The Balaban J connectivity index is 1.39. The molecule has 0 spiro atoms. The first-order chi connectivity index (χ1) is 12.5. The molecule has 8 nitrogen and oxygen atoms in total. The fourth-order valence-electron chi connectivity index (χ4n) is 3.80. The second kappa shape index (κ2) is 8.44. The Bertz CT molecular complexity index is 652. The van der Waals surface area contributed by atoms with Crippen molar-refractivity contribution in [2.45, 2.75) is 32.6 Å². The minimum absolute atomic E-state index is 0.0404. The van der Waals surface area contributed by atoms with Crippen molar-refractivity contribution >= 4 is 17.4 Å². The summed E-state index contributed by atoms with van der Waals surface area (Å²) in [5.41, 5.74) is 0.644. The van der Waals surface area contributed by atoms with Crippen LogP contribution in [0.1, 0.15) is 31.2 Å². The van der Waals surface area contributed by atoms with Crippen LogP contribution in [0.15, 0.2) is 12.3 Å². The number of aryl methyl sites for hydroxylation is 1. The van der Waals surface area contributed by atoms with E-state index < -0.39 is 4.92 Å². The van der Waals surface area contributed by atoms with E-state index in [2.05, 4.69) is 15.2 Å². The minimum Gasteiger partial charge on any atom is -0.369 e. The maximum atomic E-state index is 12.5. The summed E-state index contributed by atoms with van der Waals surface area (Å²) < 4.78 is 0. The van der Waals surface area contributed by atoms with E-state index in [9.17, 15) is 14.9 Å². The van der Waals surface area contributed by atoms with E-state index in [1.807, 2.05) is 4.90 Å². The van der Waals surface area contributed by atoms with Crippen LogP contribution in [0.4, 0.5) is 11.5 Å². The van der Waals surface area contributed by atoms with Crippen LogP contribution in [-0.4, -0.2) is 64.9 Å². The van der Waals surface area contributed by atoms with Crippen LogP contribution in [0.3, 0.4) is 0 Å². The molecular formula is C18H27N5O3. The molecule has 0 bridgehead atoms. The molecule has 1 aliphatic carbocycles. The van der Waals surface area contributed by atoms with Crippen LogP contribution >= 0.6 is 0 Å². The lowest BCUT2D eigenvalue weighted by Gasteiger charge is -2.36. The summed E-state index contributed by atoms with van der Waals surface area (Å²) in [6.45, 7) is 6.71. The van der Waals surface area contributed by atoms with Gasteiger partial charge in [-0.1, -0.05) is 12.8 Å². The highest BCUT2D eigenvalue weighted by Crippen LogP contribution is 2.27. The molecule has 8 heteroatoms. The summed E-state index contributed by atoms with van der Waals surface area (Å²) in [7, 11) is 0. The maximum absolute atomic E-state index is 12.5. The molecular weight excluding hydrogens is 334 g/mol. The zero-order chi connectivity index (χ0) is 18.5. The average molecular weight is 361 g/mol. The lowest BCUT2D eigenvalue weighted by atomic mass is 10.1. The van der Waals surface area contributed by atoms with Gasteiger partial charge < -0.3 is 10.2 Å². The van der Waals surface area contributed by atoms with Crippen LogP contribution in [0, 0.1) is 23.0 Å². The topological polar surface area (TPSA) is 91.6 Å². The molecule has 1 saturated carbocycles. The van der Waals surface area contributed by atoms with Crippen molar-refractivity contribution in [2.75, 3.05) is 44.6 Å². The van der Waals surface area contributed by atoms with Crippen molar-refractivity contribution in [3.05, 3.63) is 27.9 Å². The van der Waals surface area contributed by atoms with Crippen molar-refractivity contribution in [3.63, 3.8) is 0 Å². The van der Waals surface area contributed by atoms with Crippen LogP contribution in [-0.2, 0) is 4.79 Å². The minimum atomic E-state index is -0.418. The summed E-state index contributed by atoms with van der Waals surface area (Å²) in [6, 6.07) is 1.70. The predicted octanol–water partition coefficient (Wildman–Crippen LogP) is 2.04. The fourth-order valence-corrected chi connectivity index (χ4v) is 3.80. The van der Waals surface area contributed by atoms with Gasteiger partial charge in [0.2, 0.25) is 5.91 Å². The van der Waals surface area contributed by atoms with E-state index in [4.69, 9.17) is 0 Å². The highest BCUT2D eigenvalue weighted by molar-refractivity contribution is 5.79. The number of carbonyl (C=O) groups is 1. The Hall–Kier alpha value is -2.22. The third-order valence-corrected chi connectivity index (χ3v) is 5.40. The molecule has 1 amide bonds. The Labute approximate surface area is 153 Å². The lowest BCUT2D eigenvalue weighted by molar-refractivity contribution is -0.385. The standard InChI is InChI=1S/C18H27N5O3/c1-14-12-17(20-13-16(14)23(25)26)19-6-7-21-8-10-22(11-9-21)18(24)15-4-2-3-5-15/h12-13,15H,2-11H2,1H3,(H,19,20). The highest BCUT2D eigenvalue weighted by Gasteiger charge is 2.29. The van der Waals surface area contributed by atoms with Crippen LogP contribution < -0.4 is 5.32 Å². The maximum Gasteiger partial charge on any atom is 0.290 e. The molecule has 0 unspecified atom stereocenters. The Morgan fingerprint density at radius 2 is 2.00 bits per heavy atom. The molecule has 1 aromatic heterocycles. The number of nitrogens with zero attached hydrogens (tertiary/aromatic N) is 4. The number of hydrogen-bond donors (Lipinski definition) is 1. The highest BCUT2D eigenvalue weighted by atomic mass is 16.6. The summed E-state index contributed by atoms with van der Waals surface area (Å²) in [5, 5.41) is 14.0. The number of anilines is 1. The van der Waals surface area contributed by atoms with Gasteiger partial charge in [0.15, 0.2) is 0 Å².